The van der Waals surface area contributed by atoms with Crippen LogP contribution in [-0.4, -0.2) is 4.70 Å². The summed E-state index contributed by atoms with van der Waals surface area (Å²) in [6, 6.07) is 17.6. The first-order valence-corrected chi connectivity index (χ1v) is 17.2. The van der Waals surface area contributed by atoms with Crippen molar-refractivity contribution >= 4 is 11.4 Å². The topological polar surface area (TPSA) is 25.3 Å². The van der Waals surface area contributed by atoms with E-state index in [0.717, 1.165) is 73.9 Å². The SMILES string of the molecule is CCCCC1=C(c2cccc(CCCC)c2)[N+](=[N-])C(c2cccc(CCCC)c2)=C1CC.[CH2-]CCCC.[CH2-]CCCC.[Ni+2]. The van der Waals surface area contributed by atoms with Crippen molar-refractivity contribution < 1.29 is 21.2 Å². The summed E-state index contributed by atoms with van der Waals surface area (Å²) < 4.78 is 1.50. The van der Waals surface area contributed by atoms with E-state index in [1.54, 1.807) is 0 Å². The Labute approximate surface area is 277 Å². The Balaban J connectivity index is 0.00000139. The van der Waals surface area contributed by atoms with Gasteiger partial charge in [-0.3, -0.25) is 0 Å². The van der Waals surface area contributed by atoms with E-state index in [0.29, 0.717) is 0 Å². The summed E-state index contributed by atoms with van der Waals surface area (Å²) in [7, 11) is 0. The Morgan fingerprint density at radius 3 is 1.30 bits per heavy atom. The normalized spacial score (nSPS) is 12.4. The molecule has 0 fully saturated rings. The zero-order valence-corrected chi connectivity index (χ0v) is 29.5. The number of hydrogen-bond donors (Lipinski definition) is 0. The van der Waals surface area contributed by atoms with Crippen LogP contribution in [0.5, 0.6) is 0 Å². The molecule has 0 unspecified atom stereocenters. The molecule has 0 aliphatic carbocycles. The van der Waals surface area contributed by atoms with E-state index in [-0.39, 0.29) is 16.5 Å². The second-order valence-corrected chi connectivity index (χ2v) is 11.4. The monoisotopic (exact) mass is 628 g/mol. The molecule has 0 saturated carbocycles. The summed E-state index contributed by atoms with van der Waals surface area (Å²) in [5.41, 5.74) is 21.1. The molecule has 3 heteroatoms. The van der Waals surface area contributed by atoms with Crippen molar-refractivity contribution in [2.75, 3.05) is 0 Å². The predicted molar refractivity (Wildman–Crippen MR) is 187 cm³/mol. The molecule has 0 aromatic heterocycles. The van der Waals surface area contributed by atoms with E-state index in [9.17, 15) is 5.53 Å². The van der Waals surface area contributed by atoms with Crippen molar-refractivity contribution in [2.45, 2.75) is 144 Å². The fourth-order valence-electron chi connectivity index (χ4n) is 5.26. The maximum atomic E-state index is 11.6. The zero-order chi connectivity index (χ0) is 31.2. The second-order valence-electron chi connectivity index (χ2n) is 11.4. The average molecular weight is 630 g/mol. The van der Waals surface area contributed by atoms with Gasteiger partial charge in [0, 0.05) is 22.3 Å². The van der Waals surface area contributed by atoms with Gasteiger partial charge in [0.15, 0.2) is 0 Å². The molecule has 0 bridgehead atoms. The van der Waals surface area contributed by atoms with Gasteiger partial charge in [0.2, 0.25) is 11.4 Å². The van der Waals surface area contributed by atoms with Crippen LogP contribution >= 0.6 is 0 Å². The Bertz CT molecular complexity index is 1090. The number of rotatable bonds is 16. The van der Waals surface area contributed by atoms with E-state index in [2.05, 4.69) is 104 Å². The third-order valence-corrected chi connectivity index (χ3v) is 7.74. The molecule has 3 rings (SSSR count). The molecule has 0 radical (unpaired) electrons. The summed E-state index contributed by atoms with van der Waals surface area (Å²) in [5, 5.41) is 0. The summed E-state index contributed by atoms with van der Waals surface area (Å²) >= 11 is 0. The van der Waals surface area contributed by atoms with Gasteiger partial charge in [-0.25, -0.2) is 4.70 Å². The van der Waals surface area contributed by atoms with Crippen molar-refractivity contribution in [1.29, 1.82) is 0 Å². The number of unbranched alkanes of at least 4 members (excludes halogenated alkanes) is 7. The van der Waals surface area contributed by atoms with Gasteiger partial charge in [0.25, 0.3) is 0 Å². The fraction of sp³-hybridized carbons (Fsp3) is 0.550. The molecular formula is C40H62N2Ni. The predicted octanol–water partition coefficient (Wildman–Crippen LogP) is 13.2. The smallest absolute Gasteiger partial charge is 0.493 e. The molecule has 2 nitrogen and oxygen atoms in total. The van der Waals surface area contributed by atoms with Crippen LogP contribution in [0.3, 0.4) is 0 Å². The fourth-order valence-corrected chi connectivity index (χ4v) is 5.26. The van der Waals surface area contributed by atoms with Crippen LogP contribution in [0.4, 0.5) is 0 Å². The third-order valence-electron chi connectivity index (χ3n) is 7.74. The molecule has 2 aromatic rings. The summed E-state index contributed by atoms with van der Waals surface area (Å²) in [4.78, 5) is 0. The zero-order valence-electron chi connectivity index (χ0n) is 28.6. The molecule has 2 aromatic carbocycles. The van der Waals surface area contributed by atoms with Crippen LogP contribution in [0.15, 0.2) is 59.7 Å². The van der Waals surface area contributed by atoms with Crippen molar-refractivity contribution in [3.63, 3.8) is 0 Å². The van der Waals surface area contributed by atoms with Crippen molar-refractivity contribution in [1.82, 2.24) is 0 Å². The quantitative estimate of drug-likeness (QED) is 0.100. The standard InChI is InChI=1S/C30H40N2.2C5H11.Ni/c1-5-9-14-23-16-12-18-25(21-23)29-27(8-4)28(20-11-7-3)30(32(29)31)26-19-13-17-24(22-26)15-10-6-2;2*1-3-5-4-2;/h12-13,16-19,21-22H,5-11,14-15,20H2,1-4H3;2*1,3-5H2,2H3;/q;2*-1;+2. The molecule has 1 aliphatic rings. The van der Waals surface area contributed by atoms with E-state index in [1.165, 1.54) is 78.3 Å². The molecule has 1 aliphatic heterocycles. The van der Waals surface area contributed by atoms with Crippen LogP contribution in [0.1, 0.15) is 154 Å². The first-order chi connectivity index (χ1) is 20.5. The minimum atomic E-state index is 0. The minimum Gasteiger partial charge on any atom is -0.493 e. The molecule has 242 valence electrons. The Morgan fingerprint density at radius 1 is 0.558 bits per heavy atom. The van der Waals surface area contributed by atoms with Gasteiger partial charge in [-0.15, -0.1) is 0 Å². The number of nitrogens with zero attached hydrogens (tertiary/aromatic N) is 2. The summed E-state index contributed by atoms with van der Waals surface area (Å²) in [5.74, 6) is 0. The number of allylic oxidation sites excluding steroid dienone is 2. The minimum absolute atomic E-state index is 0. The Kier molecular flexibility index (Phi) is 24.2. The Hall–Kier alpha value is -1.99. The van der Waals surface area contributed by atoms with Gasteiger partial charge >= 0.3 is 16.5 Å². The third kappa shape index (κ3) is 14.1. The maximum absolute atomic E-state index is 11.6. The van der Waals surface area contributed by atoms with E-state index >= 15 is 0 Å². The molecule has 0 saturated heterocycles. The second kappa shape index (κ2) is 25.4. The first kappa shape index (κ1) is 41.0. The van der Waals surface area contributed by atoms with Crippen molar-refractivity contribution in [3.8, 4) is 0 Å². The van der Waals surface area contributed by atoms with E-state index < -0.39 is 0 Å². The molecule has 43 heavy (non-hydrogen) atoms. The van der Waals surface area contributed by atoms with Gasteiger partial charge in [0.1, 0.15) is 0 Å². The average Bonchev–Trinajstić information content (AvgIpc) is 3.30. The largest absolute Gasteiger partial charge is 2.00 e. The molecule has 0 atom stereocenters. The number of hydrogen-bond acceptors (Lipinski definition) is 0. The molecule has 1 heterocycles. The van der Waals surface area contributed by atoms with Gasteiger partial charge < -0.3 is 19.4 Å². The van der Waals surface area contributed by atoms with Crippen LogP contribution in [-0.2, 0) is 29.3 Å². The van der Waals surface area contributed by atoms with Crippen LogP contribution in [0.2, 0.25) is 0 Å². The molecule has 0 amide bonds. The maximum Gasteiger partial charge on any atom is 2.00 e. The molecular weight excluding hydrogens is 567 g/mol. The number of benzene rings is 2. The van der Waals surface area contributed by atoms with Gasteiger partial charge in [-0.05, 0) is 80.3 Å². The van der Waals surface area contributed by atoms with Crippen LogP contribution in [0, 0.1) is 13.8 Å². The summed E-state index contributed by atoms with van der Waals surface area (Å²) in [6.45, 7) is 20.6. The first-order valence-electron chi connectivity index (χ1n) is 17.2. The molecule has 0 N–H and O–H groups in total. The summed E-state index contributed by atoms with van der Waals surface area (Å²) in [6.07, 6.45) is 18.5. The van der Waals surface area contributed by atoms with Crippen LogP contribution in [0.25, 0.3) is 16.9 Å². The van der Waals surface area contributed by atoms with Gasteiger partial charge in [0.05, 0.1) is 0 Å². The molecule has 0 spiro atoms. The Morgan fingerprint density at radius 2 is 0.953 bits per heavy atom. The van der Waals surface area contributed by atoms with Gasteiger partial charge in [-0.1, -0.05) is 111 Å². The van der Waals surface area contributed by atoms with Crippen LogP contribution < -0.4 is 0 Å². The van der Waals surface area contributed by atoms with Crippen molar-refractivity contribution in [2.24, 2.45) is 0 Å². The van der Waals surface area contributed by atoms with Gasteiger partial charge in [-0.2, -0.15) is 12.8 Å². The van der Waals surface area contributed by atoms with E-state index in [4.69, 9.17) is 0 Å². The van der Waals surface area contributed by atoms with E-state index in [1.807, 2.05) is 0 Å². The number of aryl methyl sites for hydroxylation is 2. The van der Waals surface area contributed by atoms with Crippen molar-refractivity contribution in [3.05, 3.63) is 101 Å².